The van der Waals surface area contributed by atoms with E-state index in [2.05, 4.69) is 11.8 Å². The maximum Gasteiger partial charge on any atom is 0.228 e. The molecule has 1 saturated heterocycles. The van der Waals surface area contributed by atoms with Crippen LogP contribution in [-0.4, -0.2) is 23.9 Å². The van der Waals surface area contributed by atoms with Gasteiger partial charge in [-0.05, 0) is 32.1 Å². The summed E-state index contributed by atoms with van der Waals surface area (Å²) in [6.45, 7) is 4.19. The van der Waals surface area contributed by atoms with E-state index in [0.717, 1.165) is 32.4 Å². The lowest BCUT2D eigenvalue weighted by Gasteiger charge is -2.42. The van der Waals surface area contributed by atoms with E-state index in [4.69, 9.17) is 0 Å². The lowest BCUT2D eigenvalue weighted by Crippen LogP contribution is -2.46. The number of amides is 1. The Labute approximate surface area is 80.3 Å². The largest absolute Gasteiger partial charge is 0.342 e. The van der Waals surface area contributed by atoms with Gasteiger partial charge in [-0.2, -0.15) is 0 Å². The smallest absolute Gasteiger partial charge is 0.228 e. The first-order chi connectivity index (χ1) is 6.28. The number of hydrogen-bond donors (Lipinski definition) is 0. The number of carbonyl (C=O) groups excluding carboxylic acids is 1. The topological polar surface area (TPSA) is 20.3 Å². The van der Waals surface area contributed by atoms with Crippen molar-refractivity contribution < 1.29 is 4.79 Å². The molecule has 2 nitrogen and oxygen atoms in total. The second-order valence-electron chi connectivity index (χ2n) is 4.49. The molecule has 0 aromatic rings. The first-order valence-corrected chi connectivity index (χ1v) is 5.58. The summed E-state index contributed by atoms with van der Waals surface area (Å²) in [4.78, 5) is 14.2. The van der Waals surface area contributed by atoms with Gasteiger partial charge in [0.2, 0.25) is 5.91 Å². The molecule has 0 aromatic heterocycles. The van der Waals surface area contributed by atoms with Crippen molar-refractivity contribution in [2.24, 2.45) is 5.41 Å². The monoisotopic (exact) mass is 181 g/mol. The van der Waals surface area contributed by atoms with Gasteiger partial charge in [-0.1, -0.05) is 13.3 Å². The van der Waals surface area contributed by atoms with E-state index in [-0.39, 0.29) is 5.41 Å². The number of carbonyl (C=O) groups is 1. The fourth-order valence-corrected chi connectivity index (χ4v) is 2.58. The highest BCUT2D eigenvalue weighted by Crippen LogP contribution is 2.45. The molecule has 0 unspecified atom stereocenters. The maximum atomic E-state index is 12.1. The van der Waals surface area contributed by atoms with E-state index >= 15 is 0 Å². The van der Waals surface area contributed by atoms with E-state index in [1.807, 2.05) is 0 Å². The summed E-state index contributed by atoms with van der Waals surface area (Å²) in [6.07, 6.45) is 7.00. The lowest BCUT2D eigenvalue weighted by molar-refractivity contribution is -0.146. The third-order valence-corrected chi connectivity index (χ3v) is 3.83. The van der Waals surface area contributed by atoms with Gasteiger partial charge in [-0.15, -0.1) is 0 Å². The molecule has 2 rings (SSSR count). The van der Waals surface area contributed by atoms with Crippen LogP contribution in [0.1, 0.15) is 45.4 Å². The van der Waals surface area contributed by atoms with Crippen molar-refractivity contribution in [1.29, 1.82) is 0 Å². The molecule has 0 bridgehead atoms. The van der Waals surface area contributed by atoms with E-state index in [9.17, 15) is 4.79 Å². The average molecular weight is 181 g/mol. The van der Waals surface area contributed by atoms with Crippen molar-refractivity contribution in [1.82, 2.24) is 4.90 Å². The van der Waals surface area contributed by atoms with Gasteiger partial charge >= 0.3 is 0 Å². The summed E-state index contributed by atoms with van der Waals surface area (Å²) in [7, 11) is 0. The summed E-state index contributed by atoms with van der Waals surface area (Å²) in [6, 6.07) is 0. The summed E-state index contributed by atoms with van der Waals surface area (Å²) < 4.78 is 0. The Bertz CT molecular complexity index is 197. The molecular weight excluding hydrogens is 162 g/mol. The Balaban J connectivity index is 2.01. The molecular formula is C11H19NO. The zero-order valence-corrected chi connectivity index (χ0v) is 8.51. The van der Waals surface area contributed by atoms with E-state index in [0.29, 0.717) is 5.91 Å². The van der Waals surface area contributed by atoms with Crippen LogP contribution in [0.15, 0.2) is 0 Å². The molecule has 1 saturated carbocycles. The Hall–Kier alpha value is -0.530. The molecule has 1 aliphatic heterocycles. The molecule has 0 radical (unpaired) electrons. The van der Waals surface area contributed by atoms with Crippen molar-refractivity contribution in [3.63, 3.8) is 0 Å². The highest BCUT2D eigenvalue weighted by Gasteiger charge is 2.44. The summed E-state index contributed by atoms with van der Waals surface area (Å²) in [5.41, 5.74) is 0.0738. The standard InChI is InChI=1S/C11H19NO/c1-2-11(6-5-7-11)10(13)12-8-3-4-9-12/h2-9H2,1H3. The SMILES string of the molecule is CCC1(C(=O)N2CCCC2)CCC1. The van der Waals surface area contributed by atoms with Gasteiger partial charge < -0.3 is 4.90 Å². The van der Waals surface area contributed by atoms with Gasteiger partial charge in [0, 0.05) is 18.5 Å². The first kappa shape index (κ1) is 9.04. The zero-order valence-electron chi connectivity index (χ0n) is 8.51. The average Bonchev–Trinajstić information content (AvgIpc) is 2.54. The quantitative estimate of drug-likeness (QED) is 0.639. The van der Waals surface area contributed by atoms with E-state index in [1.165, 1.54) is 19.3 Å². The minimum Gasteiger partial charge on any atom is -0.342 e. The van der Waals surface area contributed by atoms with Gasteiger partial charge in [0.1, 0.15) is 0 Å². The van der Waals surface area contributed by atoms with Crippen LogP contribution in [-0.2, 0) is 4.79 Å². The zero-order chi connectivity index (χ0) is 9.31. The van der Waals surface area contributed by atoms with Crippen LogP contribution in [0.4, 0.5) is 0 Å². The molecule has 1 aliphatic carbocycles. The van der Waals surface area contributed by atoms with Crippen molar-refractivity contribution in [2.45, 2.75) is 45.4 Å². The van der Waals surface area contributed by atoms with Crippen molar-refractivity contribution in [3.05, 3.63) is 0 Å². The molecule has 1 heterocycles. The van der Waals surface area contributed by atoms with Gasteiger partial charge in [0.25, 0.3) is 0 Å². The van der Waals surface area contributed by atoms with Gasteiger partial charge in [-0.3, -0.25) is 4.79 Å². The summed E-state index contributed by atoms with van der Waals surface area (Å²) >= 11 is 0. The Morgan fingerprint density at radius 2 is 1.85 bits per heavy atom. The molecule has 2 heteroatoms. The second kappa shape index (κ2) is 3.32. The number of rotatable bonds is 2. The Morgan fingerprint density at radius 3 is 2.23 bits per heavy atom. The van der Waals surface area contributed by atoms with Crippen LogP contribution in [0, 0.1) is 5.41 Å². The first-order valence-electron chi connectivity index (χ1n) is 5.58. The highest BCUT2D eigenvalue weighted by molar-refractivity contribution is 5.83. The molecule has 2 fully saturated rings. The highest BCUT2D eigenvalue weighted by atomic mass is 16.2. The van der Waals surface area contributed by atoms with Crippen LogP contribution < -0.4 is 0 Å². The Kier molecular flexibility index (Phi) is 2.31. The molecule has 1 amide bonds. The molecule has 0 spiro atoms. The van der Waals surface area contributed by atoms with Gasteiger partial charge in [-0.25, -0.2) is 0 Å². The lowest BCUT2D eigenvalue weighted by atomic mass is 9.66. The third-order valence-electron chi connectivity index (χ3n) is 3.83. The Morgan fingerprint density at radius 1 is 1.23 bits per heavy atom. The van der Waals surface area contributed by atoms with Gasteiger partial charge in [0.05, 0.1) is 0 Å². The molecule has 2 aliphatic rings. The molecule has 0 N–H and O–H groups in total. The predicted octanol–water partition coefficient (Wildman–Crippen LogP) is 2.19. The van der Waals surface area contributed by atoms with Crippen LogP contribution in [0.2, 0.25) is 0 Å². The third kappa shape index (κ3) is 1.36. The normalized spacial score (nSPS) is 25.8. The number of nitrogens with zero attached hydrogens (tertiary/aromatic N) is 1. The molecule has 0 atom stereocenters. The number of hydrogen-bond acceptors (Lipinski definition) is 1. The van der Waals surface area contributed by atoms with Crippen LogP contribution in [0.25, 0.3) is 0 Å². The van der Waals surface area contributed by atoms with Crippen molar-refractivity contribution >= 4 is 5.91 Å². The molecule has 74 valence electrons. The molecule has 13 heavy (non-hydrogen) atoms. The van der Waals surface area contributed by atoms with E-state index in [1.54, 1.807) is 0 Å². The van der Waals surface area contributed by atoms with Crippen LogP contribution >= 0.6 is 0 Å². The summed E-state index contributed by atoms with van der Waals surface area (Å²) in [5.74, 6) is 0.457. The van der Waals surface area contributed by atoms with E-state index < -0.39 is 0 Å². The molecule has 0 aromatic carbocycles. The number of likely N-dealkylation sites (tertiary alicyclic amines) is 1. The minimum absolute atomic E-state index is 0.0738. The van der Waals surface area contributed by atoms with Crippen molar-refractivity contribution in [3.8, 4) is 0 Å². The van der Waals surface area contributed by atoms with Crippen LogP contribution in [0.3, 0.4) is 0 Å². The summed E-state index contributed by atoms with van der Waals surface area (Å²) in [5, 5.41) is 0. The van der Waals surface area contributed by atoms with Crippen molar-refractivity contribution in [2.75, 3.05) is 13.1 Å². The van der Waals surface area contributed by atoms with Crippen LogP contribution in [0.5, 0.6) is 0 Å². The van der Waals surface area contributed by atoms with Gasteiger partial charge in [0.15, 0.2) is 0 Å². The fourth-order valence-electron chi connectivity index (χ4n) is 2.58. The maximum absolute atomic E-state index is 12.1. The predicted molar refractivity (Wildman–Crippen MR) is 52.4 cm³/mol. The minimum atomic E-state index is 0.0738. The second-order valence-corrected chi connectivity index (χ2v) is 4.49. The fraction of sp³-hybridized carbons (Fsp3) is 0.909.